The van der Waals surface area contributed by atoms with E-state index >= 15 is 0 Å². The number of nitrogens with zero attached hydrogens (tertiary/aromatic N) is 1. The second-order valence-electron chi connectivity index (χ2n) is 20.2. The van der Waals surface area contributed by atoms with Gasteiger partial charge in [-0.3, -0.25) is 9.59 Å². The molecule has 366 valence electrons. The number of aryl methyl sites for hydroxylation is 2. The van der Waals surface area contributed by atoms with E-state index in [0.29, 0.717) is 25.8 Å². The number of aliphatic hydroxyl groups is 1. The van der Waals surface area contributed by atoms with Crippen molar-refractivity contribution in [2.24, 2.45) is 0 Å². The molecule has 3 N–H and O–H groups in total. The highest BCUT2D eigenvalue weighted by Gasteiger charge is 2.73. The van der Waals surface area contributed by atoms with Gasteiger partial charge in [-0.15, -0.1) is 0 Å². The number of nitrogens with one attached hydrogen (secondary N) is 2. The summed E-state index contributed by atoms with van der Waals surface area (Å²) in [5.41, 5.74) is 4.40. The van der Waals surface area contributed by atoms with Crippen LogP contribution in [0.25, 0.3) is 0 Å². The number of carbonyl (C=O) groups is 2. The molecular formula is C58H71N3O8. The molecule has 3 aliphatic rings. The normalized spacial score (nSPS) is 22.7. The van der Waals surface area contributed by atoms with Crippen molar-refractivity contribution >= 4 is 11.8 Å². The van der Waals surface area contributed by atoms with Crippen molar-refractivity contribution < 1.29 is 38.4 Å². The predicted molar refractivity (Wildman–Crippen MR) is 267 cm³/mol. The van der Waals surface area contributed by atoms with E-state index in [2.05, 4.69) is 58.9 Å². The lowest BCUT2D eigenvalue weighted by Crippen LogP contribution is -2.72. The largest absolute Gasteiger partial charge is 0.387 e. The number of fused-ring (bicyclic) bond motifs is 2. The first-order valence-electron chi connectivity index (χ1n) is 24.8. The zero-order valence-corrected chi connectivity index (χ0v) is 41.1. The molecule has 0 aliphatic carbocycles. The van der Waals surface area contributed by atoms with Gasteiger partial charge in [0.15, 0.2) is 5.60 Å². The van der Waals surface area contributed by atoms with Crippen LogP contribution in [-0.2, 0) is 71.7 Å². The number of benzene rings is 5. The molecule has 3 fully saturated rings. The smallest absolute Gasteiger partial charge is 0.245 e. The van der Waals surface area contributed by atoms with Gasteiger partial charge in [-0.25, -0.2) is 0 Å². The fourth-order valence-corrected chi connectivity index (χ4v) is 9.91. The number of amides is 2. The van der Waals surface area contributed by atoms with E-state index in [0.717, 1.165) is 70.6 Å². The minimum Gasteiger partial charge on any atom is -0.387 e. The highest BCUT2D eigenvalue weighted by atomic mass is 16.8. The number of hydrogen-bond donors (Lipinski definition) is 3. The molecule has 5 aromatic carbocycles. The topological polar surface area (TPSA) is 128 Å². The van der Waals surface area contributed by atoms with Gasteiger partial charge < -0.3 is 44.3 Å². The Morgan fingerprint density at radius 1 is 0.725 bits per heavy atom. The van der Waals surface area contributed by atoms with Crippen molar-refractivity contribution in [3.8, 4) is 0 Å². The second-order valence-corrected chi connectivity index (χ2v) is 20.2. The van der Waals surface area contributed by atoms with E-state index in [-0.39, 0.29) is 38.2 Å². The fourth-order valence-electron chi connectivity index (χ4n) is 9.91. The Morgan fingerprint density at radius 2 is 1.29 bits per heavy atom. The van der Waals surface area contributed by atoms with Gasteiger partial charge in [0.25, 0.3) is 0 Å². The first-order chi connectivity index (χ1) is 33.2. The number of carbonyl (C=O) groups excluding carboxylic acids is 2. The van der Waals surface area contributed by atoms with E-state index < -0.39 is 40.8 Å². The summed E-state index contributed by atoms with van der Waals surface area (Å²) in [4.78, 5) is 28.2. The highest BCUT2D eigenvalue weighted by Crippen LogP contribution is 2.56. The standard InChI is InChI=1S/C58H71N3O8/c1-42-26-31-49(37-48(42)36-44-29-27-43(28-30-44)24-17-25-50(62)60-55(2,3)54(63)59-32-35-61-33-15-16-34-61)58-53(67-40-47-22-13-8-14-23-47)51(65-38-45-18-9-6-10-19-45)52(66-39-46-20-11-7-12-21-46)57(69-58,41-68-58)56(4,5)64/h6-14,18-23,26-31,37,51-53,64H,15-17,24-25,32-36,38-41H2,1-5H3,(H,59,63)(H,60,62)/t51-,52-,53+,57-,58-/m0/s1. The third kappa shape index (κ3) is 12.0. The Morgan fingerprint density at radius 3 is 1.88 bits per heavy atom. The summed E-state index contributed by atoms with van der Waals surface area (Å²) in [6, 6.07) is 44.9. The van der Waals surface area contributed by atoms with E-state index in [1.54, 1.807) is 27.7 Å². The Hall–Kier alpha value is -5.24. The molecule has 11 heteroatoms. The van der Waals surface area contributed by atoms with Crippen LogP contribution in [0.1, 0.15) is 97.9 Å². The Labute approximate surface area is 408 Å². The molecule has 0 unspecified atom stereocenters. The summed E-state index contributed by atoms with van der Waals surface area (Å²) in [5, 5.41) is 18.2. The molecule has 69 heavy (non-hydrogen) atoms. The molecule has 2 amide bonds. The maximum Gasteiger partial charge on any atom is 0.245 e. The van der Waals surface area contributed by atoms with Gasteiger partial charge in [0.2, 0.25) is 17.6 Å². The fraction of sp³-hybridized carbons (Fsp3) is 0.448. The number of ether oxygens (including phenoxy) is 5. The molecule has 3 aliphatic heterocycles. The monoisotopic (exact) mass is 938 g/mol. The summed E-state index contributed by atoms with van der Waals surface area (Å²) in [6.07, 6.45) is 2.42. The molecule has 0 saturated carbocycles. The molecular weight excluding hydrogens is 867 g/mol. The van der Waals surface area contributed by atoms with Crippen LogP contribution in [-0.4, -0.2) is 89.7 Å². The van der Waals surface area contributed by atoms with Gasteiger partial charge in [0.05, 0.1) is 32.0 Å². The van der Waals surface area contributed by atoms with E-state index in [4.69, 9.17) is 23.7 Å². The Balaban J connectivity index is 1.00. The van der Waals surface area contributed by atoms with Crippen LogP contribution >= 0.6 is 0 Å². The van der Waals surface area contributed by atoms with Crippen LogP contribution in [0.15, 0.2) is 133 Å². The molecule has 5 aromatic rings. The molecule has 8 rings (SSSR count). The third-order valence-electron chi connectivity index (χ3n) is 14.1. The van der Waals surface area contributed by atoms with Crippen molar-refractivity contribution in [3.63, 3.8) is 0 Å². The number of rotatable bonds is 22. The minimum absolute atomic E-state index is 0.0325. The SMILES string of the molecule is Cc1ccc([C@]23OC[C@](C(C)(C)O)(O2)[C@@H](OCc2ccccc2)[C@H](OCc2ccccc2)[C@H]3OCc2ccccc2)cc1Cc1ccc(CCCC(=O)NC(C)(C)C(=O)NCCN2CCCC2)cc1. The molecule has 2 bridgehead atoms. The number of likely N-dealkylation sites (tertiary alicyclic amines) is 1. The molecule has 3 saturated heterocycles. The molecule has 0 radical (unpaired) electrons. The highest BCUT2D eigenvalue weighted by molar-refractivity contribution is 5.90. The van der Waals surface area contributed by atoms with Crippen molar-refractivity contribution in [2.45, 2.75) is 134 Å². The molecule has 11 nitrogen and oxygen atoms in total. The first-order valence-corrected chi connectivity index (χ1v) is 24.8. The molecule has 5 atom stereocenters. The van der Waals surface area contributed by atoms with Gasteiger partial charge >= 0.3 is 0 Å². The lowest BCUT2D eigenvalue weighted by Gasteiger charge is -2.54. The predicted octanol–water partition coefficient (Wildman–Crippen LogP) is 8.49. The summed E-state index contributed by atoms with van der Waals surface area (Å²) >= 11 is 0. The summed E-state index contributed by atoms with van der Waals surface area (Å²) in [7, 11) is 0. The first kappa shape index (κ1) is 50.2. The van der Waals surface area contributed by atoms with Crippen molar-refractivity contribution in [2.75, 3.05) is 32.8 Å². The zero-order chi connectivity index (χ0) is 48.5. The minimum atomic E-state index is -1.48. The van der Waals surface area contributed by atoms with Crippen LogP contribution in [0, 0.1) is 6.92 Å². The van der Waals surface area contributed by atoms with Crippen molar-refractivity contribution in [3.05, 3.63) is 178 Å². The van der Waals surface area contributed by atoms with E-state index in [1.165, 1.54) is 12.8 Å². The maximum absolute atomic E-state index is 13.0. The lowest BCUT2D eigenvalue weighted by atomic mass is 9.74. The van der Waals surface area contributed by atoms with Crippen LogP contribution in [0.5, 0.6) is 0 Å². The van der Waals surface area contributed by atoms with E-state index in [9.17, 15) is 14.7 Å². The quantitative estimate of drug-likeness (QED) is 0.0627. The maximum atomic E-state index is 13.0. The Bertz CT molecular complexity index is 2440. The lowest BCUT2D eigenvalue weighted by molar-refractivity contribution is -0.369. The average molecular weight is 938 g/mol. The van der Waals surface area contributed by atoms with Crippen LogP contribution in [0.4, 0.5) is 0 Å². The summed E-state index contributed by atoms with van der Waals surface area (Å²) < 4.78 is 35.3. The van der Waals surface area contributed by atoms with Gasteiger partial charge in [-0.2, -0.15) is 0 Å². The average Bonchev–Trinajstić information content (AvgIpc) is 4.01. The number of hydrogen-bond acceptors (Lipinski definition) is 9. The summed E-state index contributed by atoms with van der Waals surface area (Å²) in [6.45, 7) is 13.5. The van der Waals surface area contributed by atoms with Crippen molar-refractivity contribution in [1.82, 2.24) is 15.5 Å². The van der Waals surface area contributed by atoms with Crippen LogP contribution < -0.4 is 10.6 Å². The Kier molecular flexibility index (Phi) is 16.2. The second kappa shape index (κ2) is 22.2. The molecule has 0 spiro atoms. The summed E-state index contributed by atoms with van der Waals surface area (Å²) in [5.74, 6) is -1.78. The van der Waals surface area contributed by atoms with Crippen molar-refractivity contribution in [1.29, 1.82) is 0 Å². The molecule has 3 heterocycles. The third-order valence-corrected chi connectivity index (χ3v) is 14.1. The van der Waals surface area contributed by atoms with E-state index in [1.807, 2.05) is 97.1 Å². The van der Waals surface area contributed by atoms with Gasteiger partial charge in [-0.1, -0.05) is 127 Å². The van der Waals surface area contributed by atoms with Gasteiger partial charge in [-0.05, 0) is 125 Å². The van der Waals surface area contributed by atoms with Gasteiger partial charge in [0.1, 0.15) is 23.9 Å². The zero-order valence-electron chi connectivity index (χ0n) is 41.1. The molecule has 0 aromatic heterocycles. The van der Waals surface area contributed by atoms with Crippen LogP contribution in [0.3, 0.4) is 0 Å². The van der Waals surface area contributed by atoms with Crippen LogP contribution in [0.2, 0.25) is 0 Å². The van der Waals surface area contributed by atoms with Gasteiger partial charge in [0, 0.05) is 25.1 Å².